The van der Waals surface area contributed by atoms with Crippen molar-refractivity contribution in [3.05, 3.63) is 47.4 Å². The molecule has 9 heteroatoms. The van der Waals surface area contributed by atoms with Gasteiger partial charge in [-0.2, -0.15) is 13.2 Å². The van der Waals surface area contributed by atoms with Crippen LogP contribution < -0.4 is 9.64 Å². The summed E-state index contributed by atoms with van der Waals surface area (Å²) in [6.07, 6.45) is -0.373. The summed E-state index contributed by atoms with van der Waals surface area (Å²) in [6, 6.07) is 5.79. The highest BCUT2D eigenvalue weighted by molar-refractivity contribution is 5.76. The Hall–Kier alpha value is -2.81. The van der Waals surface area contributed by atoms with E-state index in [0.717, 1.165) is 68.1 Å². The van der Waals surface area contributed by atoms with Gasteiger partial charge in [0.15, 0.2) is 5.65 Å². The standard InChI is InChI=1S/C22H24F3N5O/c1-31-18-13-16(22(23,24)25)4-5-17(18)29-11-9-28(10-12-29)14-19-27-21-20-15(6-7-26-21)3-2-8-30(19)20/h4-7,13H,2-3,8-12,14H2,1H3. The summed E-state index contributed by atoms with van der Waals surface area (Å²) in [7, 11) is 1.41. The number of benzene rings is 1. The van der Waals surface area contributed by atoms with Crippen LogP contribution in [0.4, 0.5) is 18.9 Å². The summed E-state index contributed by atoms with van der Waals surface area (Å²) in [5.41, 5.74) is 3.30. The molecule has 3 aromatic rings. The van der Waals surface area contributed by atoms with Gasteiger partial charge in [-0.3, -0.25) is 4.90 Å². The number of rotatable bonds is 4. The quantitative estimate of drug-likeness (QED) is 0.630. The average Bonchev–Trinajstić information content (AvgIpc) is 3.12. The second-order valence-electron chi connectivity index (χ2n) is 8.07. The highest BCUT2D eigenvalue weighted by Gasteiger charge is 2.32. The summed E-state index contributed by atoms with van der Waals surface area (Å²) in [4.78, 5) is 13.7. The van der Waals surface area contributed by atoms with Crippen LogP contribution in [0.5, 0.6) is 5.75 Å². The summed E-state index contributed by atoms with van der Waals surface area (Å²) in [5, 5.41) is 0. The number of hydrogen-bond donors (Lipinski definition) is 0. The highest BCUT2D eigenvalue weighted by atomic mass is 19.4. The number of piperazine rings is 1. The Labute approximate surface area is 178 Å². The van der Waals surface area contributed by atoms with E-state index in [1.54, 1.807) is 0 Å². The Morgan fingerprint density at radius 3 is 2.61 bits per heavy atom. The molecule has 0 bridgehead atoms. The molecule has 1 fully saturated rings. The zero-order valence-corrected chi connectivity index (χ0v) is 17.3. The Kier molecular flexibility index (Phi) is 5.00. The summed E-state index contributed by atoms with van der Waals surface area (Å²) < 4.78 is 46.6. The minimum Gasteiger partial charge on any atom is -0.495 e. The van der Waals surface area contributed by atoms with E-state index in [2.05, 4.69) is 25.4 Å². The summed E-state index contributed by atoms with van der Waals surface area (Å²) >= 11 is 0. The molecule has 5 rings (SSSR count). The molecule has 31 heavy (non-hydrogen) atoms. The van der Waals surface area contributed by atoms with Gasteiger partial charge in [-0.15, -0.1) is 0 Å². The first kappa shape index (κ1) is 20.1. The van der Waals surface area contributed by atoms with Gasteiger partial charge in [-0.1, -0.05) is 0 Å². The fraction of sp³-hybridized carbons (Fsp3) is 0.455. The fourth-order valence-corrected chi connectivity index (χ4v) is 4.62. The van der Waals surface area contributed by atoms with Gasteiger partial charge in [0, 0.05) is 38.9 Å². The van der Waals surface area contributed by atoms with Crippen molar-refractivity contribution >= 4 is 16.9 Å². The second kappa shape index (κ2) is 7.71. The van der Waals surface area contributed by atoms with E-state index >= 15 is 0 Å². The van der Waals surface area contributed by atoms with Gasteiger partial charge in [-0.25, -0.2) is 9.97 Å². The third kappa shape index (κ3) is 3.71. The van der Waals surface area contributed by atoms with Crippen LogP contribution in [0.15, 0.2) is 30.5 Å². The number of anilines is 1. The van der Waals surface area contributed by atoms with E-state index in [1.807, 2.05) is 6.20 Å². The van der Waals surface area contributed by atoms with Crippen LogP contribution in [0, 0.1) is 0 Å². The minimum atomic E-state index is -4.38. The zero-order valence-electron chi connectivity index (χ0n) is 17.3. The lowest BCUT2D eigenvalue weighted by Gasteiger charge is -2.36. The molecule has 0 aliphatic carbocycles. The number of alkyl halides is 3. The van der Waals surface area contributed by atoms with Crippen molar-refractivity contribution in [1.29, 1.82) is 0 Å². The summed E-state index contributed by atoms with van der Waals surface area (Å²) in [5.74, 6) is 1.29. The second-order valence-corrected chi connectivity index (χ2v) is 8.07. The molecule has 164 valence electrons. The molecule has 0 spiro atoms. The molecule has 0 unspecified atom stereocenters. The van der Waals surface area contributed by atoms with E-state index in [-0.39, 0.29) is 5.75 Å². The molecule has 0 N–H and O–H groups in total. The normalized spacial score (nSPS) is 17.4. The van der Waals surface area contributed by atoms with Crippen molar-refractivity contribution in [2.45, 2.75) is 32.1 Å². The lowest BCUT2D eigenvalue weighted by atomic mass is 10.1. The summed E-state index contributed by atoms with van der Waals surface area (Å²) in [6.45, 7) is 4.74. The van der Waals surface area contributed by atoms with Crippen LogP contribution in [0.2, 0.25) is 0 Å². The van der Waals surface area contributed by atoms with Crippen molar-refractivity contribution in [2.24, 2.45) is 0 Å². The van der Waals surface area contributed by atoms with Crippen LogP contribution in [-0.4, -0.2) is 52.7 Å². The van der Waals surface area contributed by atoms with E-state index in [4.69, 9.17) is 9.72 Å². The number of hydrogen-bond acceptors (Lipinski definition) is 5. The maximum atomic E-state index is 13.0. The lowest BCUT2D eigenvalue weighted by Crippen LogP contribution is -2.46. The van der Waals surface area contributed by atoms with Crippen molar-refractivity contribution in [3.63, 3.8) is 0 Å². The molecule has 0 atom stereocenters. The van der Waals surface area contributed by atoms with Crippen molar-refractivity contribution < 1.29 is 17.9 Å². The van der Waals surface area contributed by atoms with E-state index in [0.29, 0.717) is 18.8 Å². The van der Waals surface area contributed by atoms with Crippen LogP contribution >= 0.6 is 0 Å². The molecule has 2 aliphatic rings. The number of halogens is 3. The maximum absolute atomic E-state index is 13.0. The Morgan fingerprint density at radius 1 is 1.06 bits per heavy atom. The monoisotopic (exact) mass is 431 g/mol. The SMILES string of the molecule is COc1cc(C(F)(F)F)ccc1N1CCN(Cc2nc3nccc4c3n2CCC4)CC1. The number of aryl methyl sites for hydroxylation is 2. The van der Waals surface area contributed by atoms with Gasteiger partial charge in [-0.05, 0) is 42.7 Å². The molecular weight excluding hydrogens is 407 g/mol. The van der Waals surface area contributed by atoms with Crippen molar-refractivity contribution in [1.82, 2.24) is 19.4 Å². The highest BCUT2D eigenvalue weighted by Crippen LogP contribution is 2.37. The van der Waals surface area contributed by atoms with Crippen molar-refractivity contribution in [2.75, 3.05) is 38.2 Å². The predicted octanol–water partition coefficient (Wildman–Crippen LogP) is 3.73. The maximum Gasteiger partial charge on any atom is 0.416 e. The van der Waals surface area contributed by atoms with Gasteiger partial charge in [0.1, 0.15) is 11.6 Å². The molecule has 0 amide bonds. The number of ether oxygens (including phenoxy) is 1. The fourth-order valence-electron chi connectivity index (χ4n) is 4.62. The molecular formula is C22H24F3N5O. The number of pyridine rings is 1. The molecule has 6 nitrogen and oxygen atoms in total. The van der Waals surface area contributed by atoms with Gasteiger partial charge in [0.05, 0.1) is 30.4 Å². The third-order valence-corrected chi connectivity index (χ3v) is 6.22. The van der Waals surface area contributed by atoms with Gasteiger partial charge in [0.2, 0.25) is 0 Å². The zero-order chi connectivity index (χ0) is 21.6. The van der Waals surface area contributed by atoms with E-state index in [9.17, 15) is 13.2 Å². The Balaban J connectivity index is 1.30. The van der Waals surface area contributed by atoms with Crippen LogP contribution in [0.1, 0.15) is 23.4 Å². The lowest BCUT2D eigenvalue weighted by molar-refractivity contribution is -0.137. The largest absolute Gasteiger partial charge is 0.495 e. The minimum absolute atomic E-state index is 0.255. The molecule has 1 saturated heterocycles. The predicted molar refractivity (Wildman–Crippen MR) is 111 cm³/mol. The number of nitrogens with zero attached hydrogens (tertiary/aromatic N) is 5. The van der Waals surface area contributed by atoms with E-state index < -0.39 is 11.7 Å². The molecule has 0 saturated carbocycles. The van der Waals surface area contributed by atoms with E-state index in [1.165, 1.54) is 18.7 Å². The van der Waals surface area contributed by atoms with Gasteiger partial charge in [0.25, 0.3) is 0 Å². The number of methoxy groups -OCH3 is 1. The molecule has 2 aromatic heterocycles. The van der Waals surface area contributed by atoms with Crippen molar-refractivity contribution in [3.8, 4) is 5.75 Å². The van der Waals surface area contributed by atoms with Gasteiger partial charge >= 0.3 is 6.18 Å². The average molecular weight is 431 g/mol. The molecule has 2 aliphatic heterocycles. The molecule has 0 radical (unpaired) electrons. The molecule has 4 heterocycles. The number of aromatic nitrogens is 3. The smallest absolute Gasteiger partial charge is 0.416 e. The van der Waals surface area contributed by atoms with Crippen LogP contribution in [0.25, 0.3) is 11.2 Å². The Morgan fingerprint density at radius 2 is 1.87 bits per heavy atom. The van der Waals surface area contributed by atoms with Gasteiger partial charge < -0.3 is 14.2 Å². The number of imidazole rings is 1. The first-order chi connectivity index (χ1) is 14.9. The van der Waals surface area contributed by atoms with Crippen LogP contribution in [0.3, 0.4) is 0 Å². The first-order valence-corrected chi connectivity index (χ1v) is 10.5. The molecule has 1 aromatic carbocycles. The topological polar surface area (TPSA) is 46.4 Å². The third-order valence-electron chi connectivity index (χ3n) is 6.22. The van der Waals surface area contributed by atoms with Crippen LogP contribution in [-0.2, 0) is 25.7 Å². The Bertz CT molecular complexity index is 1100. The first-order valence-electron chi connectivity index (χ1n) is 10.5.